The van der Waals surface area contributed by atoms with Gasteiger partial charge in [0.1, 0.15) is 16.7 Å². The minimum atomic E-state index is -0.788. The van der Waals surface area contributed by atoms with E-state index in [9.17, 15) is 13.2 Å². The molecule has 0 N–H and O–H groups in total. The predicted molar refractivity (Wildman–Crippen MR) is 57.5 cm³/mol. The summed E-state index contributed by atoms with van der Waals surface area (Å²) in [6.07, 6.45) is 0.888. The largest absolute Gasteiger partial charge is 0.223 e. The molecule has 1 aromatic carbocycles. The maximum absolute atomic E-state index is 13.3. The van der Waals surface area contributed by atoms with E-state index in [2.05, 4.69) is 9.97 Å². The van der Waals surface area contributed by atoms with E-state index in [1.165, 1.54) is 6.07 Å². The van der Waals surface area contributed by atoms with E-state index in [1.54, 1.807) is 0 Å². The van der Waals surface area contributed by atoms with Gasteiger partial charge in [-0.15, -0.1) is 0 Å². The molecule has 0 atom stereocenters. The zero-order chi connectivity index (χ0) is 12.4. The van der Waals surface area contributed by atoms with Crippen LogP contribution < -0.4 is 0 Å². The summed E-state index contributed by atoms with van der Waals surface area (Å²) in [7, 11) is 0. The predicted octanol–water partition coefficient (Wildman–Crippen LogP) is 3.70. The number of halogens is 4. The molecule has 2 nitrogen and oxygen atoms in total. The minimum absolute atomic E-state index is 0.0556. The first-order valence-corrected chi connectivity index (χ1v) is 5.56. The zero-order valence-electron chi connectivity index (χ0n) is 8.12. The van der Waals surface area contributed by atoms with Gasteiger partial charge in [-0.25, -0.2) is 23.1 Å². The first kappa shape index (κ1) is 12.2. The normalized spacial score (nSPS) is 10.6. The van der Waals surface area contributed by atoms with Crippen molar-refractivity contribution in [2.75, 3.05) is 0 Å². The molecule has 0 unspecified atom stereocenters. The summed E-state index contributed by atoms with van der Waals surface area (Å²) in [5.74, 6) is -2.21. The van der Waals surface area contributed by atoms with Gasteiger partial charge in [0.2, 0.25) is 5.28 Å². The molecule has 0 radical (unpaired) electrons. The Morgan fingerprint density at radius 1 is 1.12 bits per heavy atom. The molecule has 0 aliphatic heterocycles. The average molecular weight is 277 g/mol. The highest BCUT2D eigenvalue weighted by Gasteiger charge is 2.11. The topological polar surface area (TPSA) is 25.8 Å². The van der Waals surface area contributed by atoms with E-state index in [-0.39, 0.29) is 15.2 Å². The lowest BCUT2D eigenvalue weighted by molar-refractivity contribution is 0.563. The molecule has 2 rings (SSSR count). The number of benzene rings is 1. The zero-order valence-corrected chi connectivity index (χ0v) is 9.70. The molecular weight excluding hydrogens is 273 g/mol. The van der Waals surface area contributed by atoms with Gasteiger partial charge < -0.3 is 0 Å². The van der Waals surface area contributed by atoms with Gasteiger partial charge in [-0.05, 0) is 23.7 Å². The smallest absolute Gasteiger partial charge is 0.223 e. The SMILES string of the molecule is Fc1ccc(Sc2nc(Cl)ncc2F)c(F)c1. The molecule has 0 saturated heterocycles. The van der Waals surface area contributed by atoms with Crippen LogP contribution in [0.2, 0.25) is 5.28 Å². The highest BCUT2D eigenvalue weighted by molar-refractivity contribution is 7.99. The first-order valence-electron chi connectivity index (χ1n) is 4.37. The molecule has 0 bridgehead atoms. The van der Waals surface area contributed by atoms with Crippen LogP contribution in [-0.4, -0.2) is 9.97 Å². The highest BCUT2D eigenvalue weighted by Crippen LogP contribution is 2.30. The lowest BCUT2D eigenvalue weighted by Crippen LogP contribution is -1.92. The van der Waals surface area contributed by atoms with Crippen molar-refractivity contribution in [2.45, 2.75) is 9.92 Å². The first-order chi connectivity index (χ1) is 8.06. The molecule has 0 aliphatic carbocycles. The summed E-state index contributed by atoms with van der Waals surface area (Å²) < 4.78 is 39.2. The molecule has 1 aromatic heterocycles. The lowest BCUT2D eigenvalue weighted by Gasteiger charge is -2.03. The van der Waals surface area contributed by atoms with Crippen molar-refractivity contribution in [3.8, 4) is 0 Å². The summed E-state index contributed by atoms with van der Waals surface area (Å²) >= 11 is 6.20. The molecule has 1 heterocycles. The van der Waals surface area contributed by atoms with Crippen molar-refractivity contribution >= 4 is 23.4 Å². The number of hydrogen-bond donors (Lipinski definition) is 0. The fourth-order valence-corrected chi connectivity index (χ4v) is 2.03. The number of rotatable bonds is 2. The Balaban J connectivity index is 2.34. The monoisotopic (exact) mass is 276 g/mol. The van der Waals surface area contributed by atoms with Crippen LogP contribution >= 0.6 is 23.4 Å². The molecule has 2 aromatic rings. The quantitative estimate of drug-likeness (QED) is 0.618. The molecule has 0 aliphatic rings. The molecule has 17 heavy (non-hydrogen) atoms. The molecule has 0 amide bonds. The van der Waals surface area contributed by atoms with Crippen LogP contribution in [0, 0.1) is 17.5 Å². The third-order valence-corrected chi connectivity index (χ3v) is 3.00. The minimum Gasteiger partial charge on any atom is -0.223 e. The summed E-state index contributed by atoms with van der Waals surface area (Å²) in [5, 5.41) is -0.257. The van der Waals surface area contributed by atoms with Crippen LogP contribution in [0.1, 0.15) is 0 Å². The maximum atomic E-state index is 13.3. The van der Waals surface area contributed by atoms with Crippen molar-refractivity contribution in [3.63, 3.8) is 0 Å². The van der Waals surface area contributed by atoms with Crippen molar-refractivity contribution in [2.24, 2.45) is 0 Å². The fraction of sp³-hybridized carbons (Fsp3) is 0. The van der Waals surface area contributed by atoms with Crippen LogP contribution in [0.25, 0.3) is 0 Å². The van der Waals surface area contributed by atoms with Crippen LogP contribution in [0.3, 0.4) is 0 Å². The highest BCUT2D eigenvalue weighted by atomic mass is 35.5. The Kier molecular flexibility index (Phi) is 3.54. The average Bonchev–Trinajstić information content (AvgIpc) is 2.27. The fourth-order valence-electron chi connectivity index (χ4n) is 1.06. The summed E-state index contributed by atoms with van der Waals surface area (Å²) in [6.45, 7) is 0. The van der Waals surface area contributed by atoms with Gasteiger partial charge in [0, 0.05) is 11.0 Å². The van der Waals surface area contributed by atoms with Crippen molar-refractivity contribution < 1.29 is 13.2 Å². The van der Waals surface area contributed by atoms with Crippen LogP contribution in [-0.2, 0) is 0 Å². The molecule has 0 spiro atoms. The van der Waals surface area contributed by atoms with Gasteiger partial charge in [0.25, 0.3) is 0 Å². The molecule has 7 heteroatoms. The van der Waals surface area contributed by atoms with E-state index >= 15 is 0 Å². The summed E-state index contributed by atoms with van der Waals surface area (Å²) in [6, 6.07) is 2.99. The Hall–Kier alpha value is -1.27. The molecule has 88 valence electrons. The Morgan fingerprint density at radius 2 is 1.88 bits per heavy atom. The third kappa shape index (κ3) is 2.89. The molecule has 0 fully saturated rings. The standard InChI is InChI=1S/C10H4ClF3N2S/c11-10-15-4-7(14)9(16-10)17-8-2-1-5(12)3-6(8)13/h1-4H. The van der Waals surface area contributed by atoms with E-state index in [0.29, 0.717) is 17.8 Å². The van der Waals surface area contributed by atoms with Crippen molar-refractivity contribution in [1.82, 2.24) is 9.97 Å². The Bertz CT molecular complexity index is 565. The number of hydrogen-bond acceptors (Lipinski definition) is 3. The van der Waals surface area contributed by atoms with Gasteiger partial charge in [-0.1, -0.05) is 11.8 Å². The van der Waals surface area contributed by atoms with Gasteiger partial charge in [0.15, 0.2) is 5.82 Å². The summed E-state index contributed by atoms with van der Waals surface area (Å²) in [4.78, 5) is 7.10. The second-order valence-electron chi connectivity index (χ2n) is 2.97. The number of nitrogens with zero attached hydrogens (tertiary/aromatic N) is 2. The lowest BCUT2D eigenvalue weighted by atomic mass is 10.3. The number of aromatic nitrogens is 2. The Labute approximate surface area is 104 Å². The van der Waals surface area contributed by atoms with Crippen molar-refractivity contribution in [3.05, 3.63) is 47.1 Å². The Morgan fingerprint density at radius 3 is 2.59 bits per heavy atom. The van der Waals surface area contributed by atoms with E-state index < -0.39 is 17.5 Å². The van der Waals surface area contributed by atoms with Crippen molar-refractivity contribution in [1.29, 1.82) is 0 Å². The van der Waals surface area contributed by atoms with E-state index in [0.717, 1.165) is 12.3 Å². The third-order valence-electron chi connectivity index (χ3n) is 1.78. The van der Waals surface area contributed by atoms with Crippen LogP contribution in [0.4, 0.5) is 13.2 Å². The van der Waals surface area contributed by atoms with Crippen LogP contribution in [0.15, 0.2) is 34.3 Å². The summed E-state index contributed by atoms with van der Waals surface area (Å²) in [5.41, 5.74) is 0. The second kappa shape index (κ2) is 4.93. The van der Waals surface area contributed by atoms with E-state index in [1.807, 2.05) is 0 Å². The second-order valence-corrected chi connectivity index (χ2v) is 4.34. The van der Waals surface area contributed by atoms with E-state index in [4.69, 9.17) is 11.6 Å². The molecular formula is C10H4ClF3N2S. The van der Waals surface area contributed by atoms with Gasteiger partial charge in [-0.3, -0.25) is 0 Å². The van der Waals surface area contributed by atoms with Gasteiger partial charge >= 0.3 is 0 Å². The van der Waals surface area contributed by atoms with Gasteiger partial charge in [0.05, 0.1) is 6.20 Å². The van der Waals surface area contributed by atoms with Gasteiger partial charge in [-0.2, -0.15) is 0 Å². The maximum Gasteiger partial charge on any atom is 0.223 e. The van der Waals surface area contributed by atoms with Crippen LogP contribution in [0.5, 0.6) is 0 Å². The molecule has 0 saturated carbocycles.